The maximum absolute atomic E-state index is 12.4. The molecule has 0 spiro atoms. The molecular formula is C12H11F3O3. The number of hydrogen-bond acceptors (Lipinski definition) is 2. The zero-order valence-corrected chi connectivity index (χ0v) is 9.49. The molecule has 1 N–H and O–H groups in total. The molecule has 0 unspecified atom stereocenters. The van der Waals surface area contributed by atoms with Gasteiger partial charge >= 0.3 is 12.1 Å². The van der Waals surface area contributed by atoms with Crippen molar-refractivity contribution in [1.29, 1.82) is 0 Å². The first-order chi connectivity index (χ1) is 8.30. The van der Waals surface area contributed by atoms with Crippen molar-refractivity contribution >= 4 is 5.97 Å². The van der Waals surface area contributed by atoms with Crippen molar-refractivity contribution in [1.82, 2.24) is 0 Å². The van der Waals surface area contributed by atoms with E-state index in [-0.39, 0.29) is 17.9 Å². The molecule has 0 aliphatic rings. The van der Waals surface area contributed by atoms with Crippen LogP contribution in [-0.4, -0.2) is 17.7 Å². The number of carboxylic acids is 1. The number of alkyl halides is 3. The number of hydrogen-bond donors (Lipinski definition) is 1. The quantitative estimate of drug-likeness (QED) is 0.846. The molecule has 98 valence electrons. The van der Waals surface area contributed by atoms with E-state index in [2.05, 4.69) is 0 Å². The van der Waals surface area contributed by atoms with Gasteiger partial charge in [-0.25, -0.2) is 4.79 Å². The summed E-state index contributed by atoms with van der Waals surface area (Å²) < 4.78 is 42.2. The SMILES string of the molecule is CC(=CCOc1cccc(C(F)(F)F)c1)C(=O)O. The van der Waals surface area contributed by atoms with Crippen molar-refractivity contribution in [2.24, 2.45) is 0 Å². The van der Waals surface area contributed by atoms with Gasteiger partial charge in [0.15, 0.2) is 0 Å². The largest absolute Gasteiger partial charge is 0.490 e. The van der Waals surface area contributed by atoms with E-state index < -0.39 is 17.7 Å². The molecule has 3 nitrogen and oxygen atoms in total. The molecule has 0 bridgehead atoms. The van der Waals surface area contributed by atoms with Crippen LogP contribution in [0.3, 0.4) is 0 Å². The lowest BCUT2D eigenvalue weighted by atomic mass is 10.2. The highest BCUT2D eigenvalue weighted by Crippen LogP contribution is 2.31. The highest BCUT2D eigenvalue weighted by atomic mass is 19.4. The van der Waals surface area contributed by atoms with Crippen LogP contribution in [0.15, 0.2) is 35.9 Å². The maximum atomic E-state index is 12.4. The normalized spacial score (nSPS) is 12.3. The molecule has 0 aliphatic carbocycles. The summed E-state index contributed by atoms with van der Waals surface area (Å²) >= 11 is 0. The van der Waals surface area contributed by atoms with E-state index in [9.17, 15) is 18.0 Å². The molecule has 1 aromatic carbocycles. The van der Waals surface area contributed by atoms with Crippen LogP contribution < -0.4 is 4.74 Å². The maximum Gasteiger partial charge on any atom is 0.416 e. The first kappa shape index (κ1) is 14.1. The average Bonchev–Trinajstić information content (AvgIpc) is 2.28. The summed E-state index contributed by atoms with van der Waals surface area (Å²) in [4.78, 5) is 10.5. The molecule has 0 aromatic heterocycles. The van der Waals surface area contributed by atoms with Gasteiger partial charge in [-0.15, -0.1) is 0 Å². The van der Waals surface area contributed by atoms with Crippen molar-refractivity contribution < 1.29 is 27.8 Å². The van der Waals surface area contributed by atoms with E-state index >= 15 is 0 Å². The van der Waals surface area contributed by atoms with Gasteiger partial charge in [-0.1, -0.05) is 6.07 Å². The van der Waals surface area contributed by atoms with Crippen molar-refractivity contribution in [2.75, 3.05) is 6.61 Å². The predicted molar refractivity (Wildman–Crippen MR) is 58.3 cm³/mol. The van der Waals surface area contributed by atoms with Crippen LogP contribution in [-0.2, 0) is 11.0 Å². The van der Waals surface area contributed by atoms with Crippen LogP contribution in [0.5, 0.6) is 5.75 Å². The summed E-state index contributed by atoms with van der Waals surface area (Å²) in [6.45, 7) is 1.28. The lowest BCUT2D eigenvalue weighted by Crippen LogP contribution is -2.05. The predicted octanol–water partition coefficient (Wildman–Crippen LogP) is 3.12. The van der Waals surface area contributed by atoms with Gasteiger partial charge in [0, 0.05) is 5.57 Å². The number of ether oxygens (including phenoxy) is 1. The van der Waals surface area contributed by atoms with Crippen LogP contribution in [0.1, 0.15) is 12.5 Å². The highest BCUT2D eigenvalue weighted by molar-refractivity contribution is 5.85. The Bertz CT molecular complexity index is 464. The van der Waals surface area contributed by atoms with Gasteiger partial charge in [0.05, 0.1) is 5.56 Å². The standard InChI is InChI=1S/C12H11F3O3/c1-8(11(16)17)5-6-18-10-4-2-3-9(7-10)12(13,14)15/h2-5,7H,6H2,1H3,(H,16,17). The van der Waals surface area contributed by atoms with Gasteiger partial charge in [-0.2, -0.15) is 13.2 Å². The molecule has 0 amide bonds. The second kappa shape index (κ2) is 5.57. The summed E-state index contributed by atoms with van der Waals surface area (Å²) in [6.07, 6.45) is -3.14. The van der Waals surface area contributed by atoms with Gasteiger partial charge in [0.25, 0.3) is 0 Å². The Kier molecular flexibility index (Phi) is 4.36. The summed E-state index contributed by atoms with van der Waals surface area (Å²) in [7, 11) is 0. The molecule has 0 heterocycles. The zero-order chi connectivity index (χ0) is 13.8. The first-order valence-corrected chi connectivity index (χ1v) is 5.01. The minimum Gasteiger partial charge on any atom is -0.490 e. The van der Waals surface area contributed by atoms with Crippen molar-refractivity contribution in [3.05, 3.63) is 41.5 Å². The third-order valence-electron chi connectivity index (χ3n) is 2.14. The molecule has 1 aromatic rings. The van der Waals surface area contributed by atoms with Gasteiger partial charge in [-0.05, 0) is 31.2 Å². The molecule has 0 radical (unpaired) electrons. The van der Waals surface area contributed by atoms with Gasteiger partial charge < -0.3 is 9.84 Å². The monoisotopic (exact) mass is 260 g/mol. The fraction of sp³-hybridized carbons (Fsp3) is 0.250. The van der Waals surface area contributed by atoms with Crippen molar-refractivity contribution in [3.63, 3.8) is 0 Å². The van der Waals surface area contributed by atoms with Crippen LogP contribution >= 0.6 is 0 Å². The Morgan fingerprint density at radius 3 is 2.67 bits per heavy atom. The molecule has 6 heteroatoms. The van der Waals surface area contributed by atoms with Crippen LogP contribution in [0.2, 0.25) is 0 Å². The van der Waals surface area contributed by atoms with Crippen molar-refractivity contribution in [2.45, 2.75) is 13.1 Å². The third kappa shape index (κ3) is 4.12. The summed E-state index contributed by atoms with van der Waals surface area (Å²) in [6, 6.07) is 4.40. The minimum absolute atomic E-state index is 0.0410. The zero-order valence-electron chi connectivity index (χ0n) is 9.49. The van der Waals surface area contributed by atoms with Crippen LogP contribution in [0, 0.1) is 0 Å². The topological polar surface area (TPSA) is 46.5 Å². The smallest absolute Gasteiger partial charge is 0.416 e. The van der Waals surface area contributed by atoms with E-state index in [0.717, 1.165) is 12.1 Å². The lowest BCUT2D eigenvalue weighted by Gasteiger charge is -2.09. The van der Waals surface area contributed by atoms with E-state index in [1.54, 1.807) is 0 Å². The Morgan fingerprint density at radius 1 is 1.44 bits per heavy atom. The van der Waals surface area contributed by atoms with Crippen LogP contribution in [0.25, 0.3) is 0 Å². The Labute approximate surface area is 101 Å². The number of carbonyl (C=O) groups is 1. The number of aliphatic carboxylic acids is 1. The number of halogens is 3. The number of rotatable bonds is 4. The Balaban J connectivity index is 2.70. The Morgan fingerprint density at radius 2 is 2.11 bits per heavy atom. The van der Waals surface area contributed by atoms with E-state index in [1.807, 2.05) is 0 Å². The number of benzene rings is 1. The van der Waals surface area contributed by atoms with Crippen LogP contribution in [0.4, 0.5) is 13.2 Å². The van der Waals surface area contributed by atoms with Crippen molar-refractivity contribution in [3.8, 4) is 5.75 Å². The summed E-state index contributed by atoms with van der Waals surface area (Å²) in [5.74, 6) is -1.05. The van der Waals surface area contributed by atoms with Gasteiger partial charge in [-0.3, -0.25) is 0 Å². The highest BCUT2D eigenvalue weighted by Gasteiger charge is 2.30. The molecule has 0 atom stereocenters. The summed E-state index contributed by atoms with van der Waals surface area (Å²) in [5.41, 5.74) is -0.735. The van der Waals surface area contributed by atoms with E-state index in [4.69, 9.17) is 9.84 Å². The Hall–Kier alpha value is -1.98. The second-order valence-electron chi connectivity index (χ2n) is 3.53. The summed E-state index contributed by atoms with van der Waals surface area (Å²) in [5, 5.41) is 8.56. The average molecular weight is 260 g/mol. The van der Waals surface area contributed by atoms with Gasteiger partial charge in [0.1, 0.15) is 12.4 Å². The molecule has 1 rings (SSSR count). The number of carboxylic acid groups (broad SMARTS) is 1. The molecule has 0 aliphatic heterocycles. The first-order valence-electron chi connectivity index (χ1n) is 5.01. The van der Waals surface area contributed by atoms with E-state index in [0.29, 0.717) is 0 Å². The molecule has 0 saturated carbocycles. The third-order valence-corrected chi connectivity index (χ3v) is 2.14. The second-order valence-corrected chi connectivity index (χ2v) is 3.53. The fourth-order valence-electron chi connectivity index (χ4n) is 1.11. The van der Waals surface area contributed by atoms with E-state index in [1.165, 1.54) is 25.1 Å². The molecular weight excluding hydrogens is 249 g/mol. The van der Waals surface area contributed by atoms with Gasteiger partial charge in [0.2, 0.25) is 0 Å². The fourth-order valence-corrected chi connectivity index (χ4v) is 1.11. The molecule has 0 saturated heterocycles. The lowest BCUT2D eigenvalue weighted by molar-refractivity contribution is -0.137. The minimum atomic E-state index is -4.42. The molecule has 0 fully saturated rings. The molecule has 18 heavy (non-hydrogen) atoms.